The lowest BCUT2D eigenvalue weighted by atomic mass is 9.79. The van der Waals surface area contributed by atoms with Crippen molar-refractivity contribution in [2.45, 2.75) is 37.8 Å². The average Bonchev–Trinajstić information content (AvgIpc) is 2.50. The topological polar surface area (TPSA) is 54.4 Å². The van der Waals surface area contributed by atoms with Gasteiger partial charge in [-0.2, -0.15) is 13.2 Å². The third-order valence-electron chi connectivity index (χ3n) is 3.62. The molecule has 0 spiro atoms. The highest BCUT2D eigenvalue weighted by Gasteiger charge is 2.38. The SMILES string of the molecule is O=C(O)C(F)(F)F.O=CC1CCC(c2ccc(F)c(F)c2)CC1. The van der Waals surface area contributed by atoms with Crippen LogP contribution >= 0.6 is 0 Å². The van der Waals surface area contributed by atoms with Crippen LogP contribution in [0.25, 0.3) is 0 Å². The lowest BCUT2D eigenvalue weighted by Crippen LogP contribution is -2.21. The third kappa shape index (κ3) is 5.96. The highest BCUT2D eigenvalue weighted by Crippen LogP contribution is 2.35. The van der Waals surface area contributed by atoms with Crippen LogP contribution in [0.2, 0.25) is 0 Å². The molecule has 0 heterocycles. The van der Waals surface area contributed by atoms with E-state index in [2.05, 4.69) is 0 Å². The molecule has 2 rings (SSSR count). The molecule has 0 aliphatic heterocycles. The summed E-state index contributed by atoms with van der Waals surface area (Å²) in [6.45, 7) is 0. The van der Waals surface area contributed by atoms with Crippen molar-refractivity contribution in [3.63, 3.8) is 0 Å². The van der Waals surface area contributed by atoms with Crippen LogP contribution < -0.4 is 0 Å². The first-order chi connectivity index (χ1) is 10.6. The van der Waals surface area contributed by atoms with Crippen LogP contribution in [0.3, 0.4) is 0 Å². The number of aldehydes is 1. The van der Waals surface area contributed by atoms with Gasteiger partial charge in [-0.05, 0) is 49.3 Å². The summed E-state index contributed by atoms with van der Waals surface area (Å²) >= 11 is 0. The molecule has 0 amide bonds. The maximum Gasteiger partial charge on any atom is 0.490 e. The van der Waals surface area contributed by atoms with Crippen LogP contribution in [0.1, 0.15) is 37.2 Å². The number of carboxylic acids is 1. The van der Waals surface area contributed by atoms with Crippen LogP contribution in [0.5, 0.6) is 0 Å². The monoisotopic (exact) mass is 338 g/mol. The fraction of sp³-hybridized carbons (Fsp3) is 0.467. The molecular formula is C15H15F5O3. The minimum atomic E-state index is -5.08. The smallest absolute Gasteiger partial charge is 0.475 e. The first-order valence-electron chi connectivity index (χ1n) is 6.85. The van der Waals surface area contributed by atoms with Gasteiger partial charge in [0.1, 0.15) is 6.29 Å². The van der Waals surface area contributed by atoms with Gasteiger partial charge < -0.3 is 9.90 Å². The maximum atomic E-state index is 13.0. The Bertz CT molecular complexity index is 549. The fourth-order valence-corrected chi connectivity index (χ4v) is 2.35. The molecule has 1 N–H and O–H groups in total. The van der Waals surface area contributed by atoms with Crippen molar-refractivity contribution in [1.82, 2.24) is 0 Å². The van der Waals surface area contributed by atoms with Gasteiger partial charge in [-0.1, -0.05) is 6.07 Å². The van der Waals surface area contributed by atoms with Crippen molar-refractivity contribution in [3.8, 4) is 0 Å². The van der Waals surface area contributed by atoms with Crippen molar-refractivity contribution in [2.24, 2.45) is 5.92 Å². The number of rotatable bonds is 2. The Morgan fingerprint density at radius 1 is 1.09 bits per heavy atom. The molecule has 3 nitrogen and oxygen atoms in total. The molecule has 1 aromatic carbocycles. The van der Waals surface area contributed by atoms with E-state index in [1.807, 2.05) is 0 Å². The fourth-order valence-electron chi connectivity index (χ4n) is 2.35. The van der Waals surface area contributed by atoms with E-state index in [0.29, 0.717) is 0 Å². The van der Waals surface area contributed by atoms with E-state index < -0.39 is 23.8 Å². The summed E-state index contributed by atoms with van der Waals surface area (Å²) in [6, 6.07) is 4.10. The van der Waals surface area contributed by atoms with Gasteiger partial charge in [0, 0.05) is 5.92 Å². The van der Waals surface area contributed by atoms with Crippen molar-refractivity contribution < 1.29 is 36.6 Å². The van der Waals surface area contributed by atoms with Crippen molar-refractivity contribution in [3.05, 3.63) is 35.4 Å². The Labute approximate surface area is 129 Å². The van der Waals surface area contributed by atoms with Gasteiger partial charge in [-0.15, -0.1) is 0 Å². The molecule has 23 heavy (non-hydrogen) atoms. The number of aliphatic carboxylic acids is 1. The Balaban J connectivity index is 0.000000322. The highest BCUT2D eigenvalue weighted by molar-refractivity contribution is 5.73. The predicted octanol–water partition coefficient (Wildman–Crippen LogP) is 4.07. The highest BCUT2D eigenvalue weighted by atomic mass is 19.4. The number of hydrogen-bond donors (Lipinski definition) is 1. The van der Waals surface area contributed by atoms with E-state index in [1.165, 1.54) is 12.1 Å². The average molecular weight is 338 g/mol. The second-order valence-electron chi connectivity index (χ2n) is 5.22. The van der Waals surface area contributed by atoms with Gasteiger partial charge in [-0.25, -0.2) is 13.6 Å². The normalized spacial score (nSPS) is 21.1. The minimum absolute atomic E-state index is 0.154. The van der Waals surface area contributed by atoms with Crippen LogP contribution in [-0.4, -0.2) is 23.5 Å². The molecule has 0 aromatic heterocycles. The van der Waals surface area contributed by atoms with E-state index in [-0.39, 0.29) is 11.8 Å². The zero-order valence-electron chi connectivity index (χ0n) is 11.9. The number of carbonyl (C=O) groups excluding carboxylic acids is 1. The Morgan fingerprint density at radius 2 is 1.61 bits per heavy atom. The van der Waals surface area contributed by atoms with Crippen LogP contribution in [0, 0.1) is 17.6 Å². The Hall–Kier alpha value is -1.99. The van der Waals surface area contributed by atoms with Gasteiger partial charge in [0.15, 0.2) is 11.6 Å². The van der Waals surface area contributed by atoms with Gasteiger partial charge >= 0.3 is 12.1 Å². The first-order valence-corrected chi connectivity index (χ1v) is 6.85. The van der Waals surface area contributed by atoms with E-state index in [0.717, 1.165) is 37.5 Å². The number of carbonyl (C=O) groups is 2. The summed E-state index contributed by atoms with van der Waals surface area (Å²) in [7, 11) is 0. The molecule has 0 radical (unpaired) electrons. The molecule has 1 aromatic rings. The van der Waals surface area contributed by atoms with Gasteiger partial charge in [0.25, 0.3) is 0 Å². The van der Waals surface area contributed by atoms with Gasteiger partial charge in [0.2, 0.25) is 0 Å². The number of halogens is 5. The minimum Gasteiger partial charge on any atom is -0.475 e. The first kappa shape index (κ1) is 19.1. The molecule has 1 fully saturated rings. The molecule has 0 saturated heterocycles. The summed E-state index contributed by atoms with van der Waals surface area (Å²) in [5.74, 6) is -3.92. The maximum absolute atomic E-state index is 13.0. The molecule has 0 bridgehead atoms. The van der Waals surface area contributed by atoms with E-state index in [9.17, 15) is 26.7 Å². The molecule has 0 unspecified atom stereocenters. The van der Waals surface area contributed by atoms with Crippen LogP contribution in [0.15, 0.2) is 18.2 Å². The summed E-state index contributed by atoms with van der Waals surface area (Å²) in [5, 5.41) is 7.12. The van der Waals surface area contributed by atoms with Crippen molar-refractivity contribution >= 4 is 12.3 Å². The quantitative estimate of drug-likeness (QED) is 0.653. The third-order valence-corrected chi connectivity index (χ3v) is 3.62. The summed E-state index contributed by atoms with van der Waals surface area (Å²) in [5.41, 5.74) is 0.850. The Kier molecular flexibility index (Phi) is 6.65. The number of benzene rings is 1. The second kappa shape index (κ2) is 8.03. The molecule has 0 atom stereocenters. The van der Waals surface area contributed by atoms with Gasteiger partial charge in [0.05, 0.1) is 0 Å². The molecular weight excluding hydrogens is 323 g/mol. The van der Waals surface area contributed by atoms with Gasteiger partial charge in [-0.3, -0.25) is 0 Å². The van der Waals surface area contributed by atoms with E-state index in [4.69, 9.17) is 9.90 Å². The lowest BCUT2D eigenvalue weighted by molar-refractivity contribution is -0.192. The summed E-state index contributed by atoms with van der Waals surface area (Å²) in [4.78, 5) is 19.5. The zero-order valence-corrected chi connectivity index (χ0v) is 11.9. The number of hydrogen-bond acceptors (Lipinski definition) is 2. The largest absolute Gasteiger partial charge is 0.490 e. The molecule has 8 heteroatoms. The second-order valence-corrected chi connectivity index (χ2v) is 5.22. The Morgan fingerprint density at radius 3 is 2.00 bits per heavy atom. The van der Waals surface area contributed by atoms with E-state index in [1.54, 1.807) is 6.07 Å². The molecule has 1 aliphatic carbocycles. The van der Waals surface area contributed by atoms with E-state index >= 15 is 0 Å². The molecule has 1 aliphatic rings. The van der Waals surface area contributed by atoms with Crippen LogP contribution in [0.4, 0.5) is 22.0 Å². The molecule has 128 valence electrons. The van der Waals surface area contributed by atoms with Crippen molar-refractivity contribution in [2.75, 3.05) is 0 Å². The number of alkyl halides is 3. The number of carboxylic acid groups (broad SMARTS) is 1. The molecule has 1 saturated carbocycles. The van der Waals surface area contributed by atoms with Crippen LogP contribution in [-0.2, 0) is 9.59 Å². The zero-order chi connectivity index (χ0) is 17.6. The van der Waals surface area contributed by atoms with Crippen molar-refractivity contribution in [1.29, 1.82) is 0 Å². The standard InChI is InChI=1S/C13H14F2O.C2HF3O2/c14-12-6-5-11(7-13(12)15)10-3-1-9(8-16)2-4-10;3-2(4,5)1(6)7/h5-10H,1-4H2;(H,6,7). The summed E-state index contributed by atoms with van der Waals surface area (Å²) in [6.07, 6.45) is -0.606. The predicted molar refractivity (Wildman–Crippen MR) is 70.8 cm³/mol. The lowest BCUT2D eigenvalue weighted by Gasteiger charge is -2.25. The summed E-state index contributed by atoms with van der Waals surface area (Å²) < 4.78 is 57.5.